The van der Waals surface area contributed by atoms with Crippen LogP contribution in [0.5, 0.6) is 11.5 Å². The summed E-state index contributed by atoms with van der Waals surface area (Å²) in [4.78, 5) is 40.5. The first-order valence-electron chi connectivity index (χ1n) is 11.8. The number of nitrogens with zero attached hydrogens (tertiary/aromatic N) is 1. The molecule has 0 saturated carbocycles. The summed E-state index contributed by atoms with van der Waals surface area (Å²) in [5.41, 5.74) is 0.794. The van der Waals surface area contributed by atoms with Crippen LogP contribution in [-0.2, 0) is 14.6 Å². The van der Waals surface area contributed by atoms with Gasteiger partial charge in [0.15, 0.2) is 11.5 Å². The molecule has 0 spiro atoms. The summed E-state index contributed by atoms with van der Waals surface area (Å²) in [5.74, 6) is -0.906. The minimum Gasteiger partial charge on any atom is -0.493 e. The van der Waals surface area contributed by atoms with Crippen LogP contribution in [0.4, 0.5) is 5.69 Å². The van der Waals surface area contributed by atoms with Crippen molar-refractivity contribution in [2.75, 3.05) is 31.0 Å². The number of amides is 3. The second-order valence-corrected chi connectivity index (χ2v) is 11.3. The Bertz CT molecular complexity index is 1270. The van der Waals surface area contributed by atoms with E-state index >= 15 is 0 Å². The van der Waals surface area contributed by atoms with E-state index in [1.165, 1.54) is 13.2 Å². The monoisotopic (exact) mass is 516 g/mol. The zero-order chi connectivity index (χ0) is 26.6. The molecule has 0 saturated heterocycles. The lowest BCUT2D eigenvalue weighted by Gasteiger charge is -2.27. The number of carbonyl (C=O) groups is 3. The molecule has 1 atom stereocenters. The van der Waals surface area contributed by atoms with Crippen LogP contribution >= 0.6 is 0 Å². The highest BCUT2D eigenvalue weighted by molar-refractivity contribution is 7.90. The maximum absolute atomic E-state index is 13.6. The molecule has 0 aliphatic carbocycles. The highest BCUT2D eigenvalue weighted by atomic mass is 32.2. The lowest BCUT2D eigenvalue weighted by Crippen LogP contribution is -2.37. The zero-order valence-corrected chi connectivity index (χ0v) is 22.0. The van der Waals surface area contributed by atoms with E-state index in [-0.39, 0.29) is 29.1 Å². The number of hydrogen-bond donors (Lipinski definition) is 1. The summed E-state index contributed by atoms with van der Waals surface area (Å²) in [6, 6.07) is 8.32. The molecule has 1 N–H and O–H groups in total. The quantitative estimate of drug-likeness (QED) is 0.451. The van der Waals surface area contributed by atoms with Crippen LogP contribution in [0.25, 0.3) is 0 Å². The molecule has 1 heterocycles. The first-order chi connectivity index (χ1) is 17.0. The van der Waals surface area contributed by atoms with Gasteiger partial charge in [0.2, 0.25) is 5.91 Å². The van der Waals surface area contributed by atoms with E-state index in [4.69, 9.17) is 9.47 Å². The Balaban J connectivity index is 2.03. The van der Waals surface area contributed by atoms with Crippen LogP contribution in [-0.4, -0.2) is 56.8 Å². The van der Waals surface area contributed by atoms with Crippen molar-refractivity contribution in [1.29, 1.82) is 0 Å². The minimum atomic E-state index is -3.62. The van der Waals surface area contributed by atoms with Gasteiger partial charge in [-0.15, -0.1) is 0 Å². The maximum atomic E-state index is 13.6. The molecular weight excluding hydrogens is 484 g/mol. The number of hydrogen-bond acceptors (Lipinski definition) is 7. The van der Waals surface area contributed by atoms with Crippen LogP contribution in [0, 0.1) is 5.92 Å². The number of carbonyl (C=O) groups excluding carboxylic acids is 3. The van der Waals surface area contributed by atoms with Gasteiger partial charge in [0.1, 0.15) is 9.84 Å². The summed E-state index contributed by atoms with van der Waals surface area (Å²) in [5, 5.41) is 2.74. The molecule has 36 heavy (non-hydrogen) atoms. The fraction of sp³-hybridized carbons (Fsp3) is 0.423. The molecule has 1 aliphatic rings. The Kier molecular flexibility index (Phi) is 8.39. The molecule has 1 aliphatic heterocycles. The standard InChI is InChI=1S/C26H32N2O7S/c1-6-35-22-14-17(11-12-21(22)34-4)20(15-36(5,32)33)28-25(30)18-8-7-9-19(24(18)26(28)31)27-23(29)13-10-16(2)3/h7-9,11-12,14,16,20H,6,10,13,15H2,1-5H3,(H,27,29)/t20-/m1/s1. The highest BCUT2D eigenvalue weighted by Crippen LogP contribution is 2.38. The van der Waals surface area contributed by atoms with E-state index in [9.17, 15) is 22.8 Å². The number of imide groups is 1. The Morgan fingerprint density at radius 3 is 2.42 bits per heavy atom. The fourth-order valence-corrected chi connectivity index (χ4v) is 5.01. The van der Waals surface area contributed by atoms with Gasteiger partial charge in [-0.05, 0) is 49.1 Å². The fourth-order valence-electron chi connectivity index (χ4n) is 4.10. The van der Waals surface area contributed by atoms with Crippen molar-refractivity contribution >= 4 is 33.2 Å². The molecule has 3 rings (SSSR count). The van der Waals surface area contributed by atoms with Gasteiger partial charge in [-0.1, -0.05) is 26.0 Å². The van der Waals surface area contributed by atoms with Crippen LogP contribution in [0.15, 0.2) is 36.4 Å². The molecule has 0 fully saturated rings. The van der Waals surface area contributed by atoms with Gasteiger partial charge in [-0.25, -0.2) is 8.42 Å². The van der Waals surface area contributed by atoms with Gasteiger partial charge >= 0.3 is 0 Å². The number of anilines is 1. The van der Waals surface area contributed by atoms with Crippen molar-refractivity contribution in [1.82, 2.24) is 4.90 Å². The molecule has 194 valence electrons. The van der Waals surface area contributed by atoms with Crippen molar-refractivity contribution in [3.63, 3.8) is 0 Å². The molecule has 0 radical (unpaired) electrons. The third-order valence-corrected chi connectivity index (χ3v) is 6.73. The number of benzene rings is 2. The predicted octanol–water partition coefficient (Wildman–Crippen LogP) is 3.85. The summed E-state index contributed by atoms with van der Waals surface area (Å²) in [7, 11) is -2.14. The lowest BCUT2D eigenvalue weighted by molar-refractivity contribution is -0.116. The van der Waals surface area contributed by atoms with Crippen LogP contribution < -0.4 is 14.8 Å². The number of ether oxygens (including phenoxy) is 2. The third-order valence-electron chi connectivity index (χ3n) is 5.81. The first kappa shape index (κ1) is 27.2. The Labute approximate surface area is 211 Å². The average molecular weight is 517 g/mol. The van der Waals surface area contributed by atoms with Crippen LogP contribution in [0.2, 0.25) is 0 Å². The molecule has 2 aromatic rings. The van der Waals surface area contributed by atoms with Gasteiger partial charge in [0, 0.05) is 12.7 Å². The molecule has 0 unspecified atom stereocenters. The van der Waals surface area contributed by atoms with E-state index in [0.29, 0.717) is 36.0 Å². The number of rotatable bonds is 11. The zero-order valence-electron chi connectivity index (χ0n) is 21.2. The molecular formula is C26H32N2O7S. The Morgan fingerprint density at radius 2 is 1.81 bits per heavy atom. The summed E-state index contributed by atoms with van der Waals surface area (Å²) in [6.45, 7) is 6.14. The van der Waals surface area contributed by atoms with Crippen LogP contribution in [0.3, 0.4) is 0 Å². The van der Waals surface area contributed by atoms with Gasteiger partial charge in [-0.3, -0.25) is 19.3 Å². The maximum Gasteiger partial charge on any atom is 0.264 e. The van der Waals surface area contributed by atoms with Gasteiger partial charge in [0.05, 0.1) is 42.3 Å². The summed E-state index contributed by atoms with van der Waals surface area (Å²) >= 11 is 0. The van der Waals surface area contributed by atoms with Crippen molar-refractivity contribution in [2.45, 2.75) is 39.7 Å². The summed E-state index contributed by atoms with van der Waals surface area (Å²) in [6.07, 6.45) is 2.00. The van der Waals surface area contributed by atoms with E-state index in [1.54, 1.807) is 37.3 Å². The van der Waals surface area contributed by atoms with Crippen molar-refractivity contribution < 1.29 is 32.3 Å². The highest BCUT2D eigenvalue weighted by Gasteiger charge is 2.43. The molecule has 0 aromatic heterocycles. The average Bonchev–Trinajstić information content (AvgIpc) is 3.06. The minimum absolute atomic E-state index is 0.0532. The number of sulfone groups is 1. The topological polar surface area (TPSA) is 119 Å². The third kappa shape index (κ3) is 6.04. The van der Waals surface area contributed by atoms with Crippen molar-refractivity contribution in [3.8, 4) is 11.5 Å². The predicted molar refractivity (Wildman–Crippen MR) is 136 cm³/mol. The van der Waals surface area contributed by atoms with E-state index in [0.717, 1.165) is 11.2 Å². The number of methoxy groups -OCH3 is 1. The largest absolute Gasteiger partial charge is 0.493 e. The van der Waals surface area contributed by atoms with Gasteiger partial charge in [0.25, 0.3) is 11.8 Å². The van der Waals surface area contributed by atoms with Gasteiger partial charge < -0.3 is 14.8 Å². The molecule has 2 aromatic carbocycles. The summed E-state index contributed by atoms with van der Waals surface area (Å²) < 4.78 is 35.7. The lowest BCUT2D eigenvalue weighted by atomic mass is 10.1. The smallest absolute Gasteiger partial charge is 0.264 e. The van der Waals surface area contributed by atoms with Crippen LogP contribution in [0.1, 0.15) is 65.9 Å². The second kappa shape index (κ2) is 11.1. The van der Waals surface area contributed by atoms with E-state index < -0.39 is 33.4 Å². The number of fused-ring (bicyclic) bond motifs is 1. The van der Waals surface area contributed by atoms with E-state index in [2.05, 4.69) is 5.32 Å². The number of nitrogens with one attached hydrogen (secondary N) is 1. The second-order valence-electron chi connectivity index (χ2n) is 9.14. The normalized spacial score (nSPS) is 14.1. The molecule has 3 amide bonds. The Hall–Kier alpha value is -3.40. The first-order valence-corrected chi connectivity index (χ1v) is 13.8. The van der Waals surface area contributed by atoms with Crippen molar-refractivity contribution in [3.05, 3.63) is 53.1 Å². The van der Waals surface area contributed by atoms with E-state index in [1.807, 2.05) is 13.8 Å². The molecule has 9 nitrogen and oxygen atoms in total. The molecule has 10 heteroatoms. The molecule has 0 bridgehead atoms. The SMILES string of the molecule is CCOc1cc([C@@H](CS(C)(=O)=O)N2C(=O)c3cccc(NC(=O)CCC(C)C)c3C2=O)ccc1OC. The van der Waals surface area contributed by atoms with Gasteiger partial charge in [-0.2, -0.15) is 0 Å². The Morgan fingerprint density at radius 1 is 1.08 bits per heavy atom. The van der Waals surface area contributed by atoms with Crippen molar-refractivity contribution in [2.24, 2.45) is 5.92 Å².